The van der Waals surface area contributed by atoms with Gasteiger partial charge in [-0.25, -0.2) is 9.59 Å². The van der Waals surface area contributed by atoms with Crippen molar-refractivity contribution in [3.63, 3.8) is 0 Å². The second-order valence-electron chi connectivity index (χ2n) is 3.48. The molecule has 0 radical (unpaired) electrons. The van der Waals surface area contributed by atoms with Gasteiger partial charge in [0.2, 0.25) is 0 Å². The lowest BCUT2D eigenvalue weighted by Crippen LogP contribution is -2.13. The van der Waals surface area contributed by atoms with Crippen LogP contribution in [0.25, 0.3) is 0 Å². The molecule has 0 amide bonds. The molecule has 1 aromatic carbocycles. The summed E-state index contributed by atoms with van der Waals surface area (Å²) in [6.45, 7) is 4.80. The van der Waals surface area contributed by atoms with Gasteiger partial charge in [0.15, 0.2) is 5.78 Å². The van der Waals surface area contributed by atoms with Gasteiger partial charge < -0.3 is 14.9 Å². The van der Waals surface area contributed by atoms with Crippen molar-refractivity contribution < 1.29 is 29.3 Å². The SMILES string of the molecule is C=CC(=O)c1ccc(C(=O)O)c(C(=O)OCC)c1O. The van der Waals surface area contributed by atoms with Crippen molar-refractivity contribution in [1.29, 1.82) is 0 Å². The number of allylic oxidation sites excluding steroid dienone is 1. The molecule has 19 heavy (non-hydrogen) atoms. The normalized spacial score (nSPS) is 9.74. The number of hydrogen-bond acceptors (Lipinski definition) is 5. The van der Waals surface area contributed by atoms with Crippen LogP contribution in [-0.2, 0) is 4.74 Å². The van der Waals surface area contributed by atoms with Crippen LogP contribution in [0, 0.1) is 0 Å². The van der Waals surface area contributed by atoms with Gasteiger partial charge in [0.1, 0.15) is 11.3 Å². The number of carbonyl (C=O) groups is 3. The Balaban J connectivity index is 3.52. The van der Waals surface area contributed by atoms with Gasteiger partial charge in [-0.15, -0.1) is 0 Å². The molecular formula is C13H12O6. The molecule has 1 aromatic rings. The number of rotatable bonds is 5. The minimum absolute atomic E-state index is 0.0109. The average molecular weight is 264 g/mol. The van der Waals surface area contributed by atoms with Gasteiger partial charge in [-0.3, -0.25) is 4.79 Å². The highest BCUT2D eigenvalue weighted by Crippen LogP contribution is 2.28. The van der Waals surface area contributed by atoms with Crippen molar-refractivity contribution in [2.75, 3.05) is 6.61 Å². The first-order chi connectivity index (χ1) is 8.93. The molecule has 0 saturated carbocycles. The van der Waals surface area contributed by atoms with Crippen molar-refractivity contribution >= 4 is 17.7 Å². The Bertz CT molecular complexity index is 558. The highest BCUT2D eigenvalue weighted by Gasteiger charge is 2.25. The number of aromatic carboxylic acids is 1. The summed E-state index contributed by atoms with van der Waals surface area (Å²) in [5.41, 5.74) is -1.18. The third kappa shape index (κ3) is 2.79. The number of phenolic OH excluding ortho intramolecular Hbond substituents is 1. The van der Waals surface area contributed by atoms with Crippen molar-refractivity contribution in [2.45, 2.75) is 6.92 Å². The third-order valence-corrected chi connectivity index (χ3v) is 2.34. The van der Waals surface area contributed by atoms with E-state index in [-0.39, 0.29) is 12.2 Å². The summed E-state index contributed by atoms with van der Waals surface area (Å²) >= 11 is 0. The topological polar surface area (TPSA) is 101 Å². The lowest BCUT2D eigenvalue weighted by molar-refractivity contribution is 0.0511. The summed E-state index contributed by atoms with van der Waals surface area (Å²) in [4.78, 5) is 34.2. The lowest BCUT2D eigenvalue weighted by atomic mass is 9.99. The molecule has 0 heterocycles. The Hall–Kier alpha value is -2.63. The fraction of sp³-hybridized carbons (Fsp3) is 0.154. The third-order valence-electron chi connectivity index (χ3n) is 2.34. The number of esters is 1. The standard InChI is InChI=1S/C13H12O6/c1-3-9(14)7-5-6-8(12(16)17)10(11(7)15)13(18)19-4-2/h3,5-6,15H,1,4H2,2H3,(H,16,17). The van der Waals surface area contributed by atoms with Crippen molar-refractivity contribution in [2.24, 2.45) is 0 Å². The van der Waals surface area contributed by atoms with Crippen LogP contribution in [0.1, 0.15) is 38.0 Å². The van der Waals surface area contributed by atoms with Crippen LogP contribution in [-0.4, -0.2) is 34.5 Å². The maximum atomic E-state index is 11.7. The molecule has 0 aromatic heterocycles. The fourth-order valence-corrected chi connectivity index (χ4v) is 1.49. The highest BCUT2D eigenvalue weighted by atomic mass is 16.5. The van der Waals surface area contributed by atoms with Crippen molar-refractivity contribution in [3.8, 4) is 5.75 Å². The average Bonchev–Trinajstić information content (AvgIpc) is 2.37. The Morgan fingerprint density at radius 2 is 1.89 bits per heavy atom. The van der Waals surface area contributed by atoms with E-state index in [0.29, 0.717) is 0 Å². The zero-order valence-corrected chi connectivity index (χ0v) is 10.2. The second-order valence-corrected chi connectivity index (χ2v) is 3.48. The Morgan fingerprint density at radius 3 is 2.37 bits per heavy atom. The van der Waals surface area contributed by atoms with Crippen LogP contribution in [0.3, 0.4) is 0 Å². The number of phenols is 1. The quantitative estimate of drug-likeness (QED) is 0.476. The minimum atomic E-state index is -1.41. The lowest BCUT2D eigenvalue weighted by Gasteiger charge is -2.10. The van der Waals surface area contributed by atoms with Crippen molar-refractivity contribution in [1.82, 2.24) is 0 Å². The molecule has 0 bridgehead atoms. The molecule has 0 aliphatic rings. The Labute approximate surface area is 108 Å². The van der Waals surface area contributed by atoms with Gasteiger partial charge in [-0.05, 0) is 25.1 Å². The molecule has 0 fully saturated rings. The van der Waals surface area contributed by atoms with E-state index in [2.05, 4.69) is 11.3 Å². The van der Waals surface area contributed by atoms with E-state index in [1.54, 1.807) is 0 Å². The van der Waals surface area contributed by atoms with Crippen LogP contribution in [0.5, 0.6) is 5.75 Å². The summed E-state index contributed by atoms with van der Waals surface area (Å²) in [6, 6.07) is 2.18. The largest absolute Gasteiger partial charge is 0.506 e. The van der Waals surface area contributed by atoms with Gasteiger partial charge in [0, 0.05) is 0 Å². The summed E-state index contributed by atoms with van der Waals surface area (Å²) in [5, 5.41) is 18.9. The Kier molecular flexibility index (Phi) is 4.41. The molecule has 2 N–H and O–H groups in total. The number of ketones is 1. The van der Waals surface area contributed by atoms with E-state index in [1.807, 2.05) is 0 Å². The highest BCUT2D eigenvalue weighted by molar-refractivity contribution is 6.11. The van der Waals surface area contributed by atoms with Crippen LogP contribution in [0.2, 0.25) is 0 Å². The molecule has 6 heteroatoms. The molecule has 0 spiro atoms. The molecule has 6 nitrogen and oxygen atoms in total. The number of aromatic hydroxyl groups is 1. The summed E-state index contributed by atoms with van der Waals surface area (Å²) < 4.78 is 4.67. The zero-order chi connectivity index (χ0) is 14.6. The van der Waals surface area contributed by atoms with Crippen LogP contribution < -0.4 is 0 Å². The van der Waals surface area contributed by atoms with Gasteiger partial charge >= 0.3 is 11.9 Å². The van der Waals surface area contributed by atoms with E-state index in [1.165, 1.54) is 6.92 Å². The molecule has 0 saturated heterocycles. The number of hydrogen-bond donors (Lipinski definition) is 2. The Morgan fingerprint density at radius 1 is 1.32 bits per heavy atom. The predicted octanol–water partition coefficient (Wildman–Crippen LogP) is 1.64. The number of carboxylic acids is 1. The zero-order valence-electron chi connectivity index (χ0n) is 10.2. The van der Waals surface area contributed by atoms with Crippen molar-refractivity contribution in [3.05, 3.63) is 41.5 Å². The maximum Gasteiger partial charge on any atom is 0.342 e. The smallest absolute Gasteiger partial charge is 0.342 e. The van der Waals surface area contributed by atoms with Crippen LogP contribution in [0.4, 0.5) is 0 Å². The van der Waals surface area contributed by atoms with Gasteiger partial charge in [0.05, 0.1) is 17.7 Å². The first kappa shape index (κ1) is 14.4. The van der Waals surface area contributed by atoms with Gasteiger partial charge in [-0.1, -0.05) is 6.58 Å². The number of carbonyl (C=O) groups excluding carboxylic acids is 2. The molecule has 0 atom stereocenters. The maximum absolute atomic E-state index is 11.7. The van der Waals surface area contributed by atoms with E-state index >= 15 is 0 Å². The summed E-state index contributed by atoms with van der Waals surface area (Å²) in [6.07, 6.45) is 0.949. The minimum Gasteiger partial charge on any atom is -0.506 e. The predicted molar refractivity (Wildman–Crippen MR) is 65.6 cm³/mol. The molecule has 0 unspecified atom stereocenters. The fourth-order valence-electron chi connectivity index (χ4n) is 1.49. The number of carboxylic acid groups (broad SMARTS) is 1. The summed E-state index contributed by atoms with van der Waals surface area (Å²) in [5.74, 6) is -3.75. The second kappa shape index (κ2) is 5.81. The number of benzene rings is 1. The molecule has 1 rings (SSSR count). The van der Waals surface area contributed by atoms with Crippen LogP contribution in [0.15, 0.2) is 24.8 Å². The molecule has 0 aliphatic carbocycles. The molecular weight excluding hydrogens is 252 g/mol. The molecule has 100 valence electrons. The first-order valence-corrected chi connectivity index (χ1v) is 5.37. The number of ether oxygens (including phenoxy) is 1. The van der Waals surface area contributed by atoms with Crippen LogP contribution >= 0.6 is 0 Å². The van der Waals surface area contributed by atoms with E-state index in [4.69, 9.17) is 5.11 Å². The van der Waals surface area contributed by atoms with E-state index in [9.17, 15) is 19.5 Å². The van der Waals surface area contributed by atoms with Gasteiger partial charge in [-0.2, -0.15) is 0 Å². The van der Waals surface area contributed by atoms with E-state index in [0.717, 1.165) is 18.2 Å². The first-order valence-electron chi connectivity index (χ1n) is 5.37. The monoisotopic (exact) mass is 264 g/mol. The van der Waals surface area contributed by atoms with E-state index < -0.39 is 34.6 Å². The van der Waals surface area contributed by atoms with Gasteiger partial charge in [0.25, 0.3) is 0 Å². The summed E-state index contributed by atoms with van der Waals surface area (Å²) in [7, 11) is 0. The molecule has 0 aliphatic heterocycles.